The molecular weight excluding hydrogens is 590 g/mol. The van der Waals surface area contributed by atoms with Crippen LogP contribution >= 0.6 is 0 Å². The maximum Gasteiger partial charge on any atom is 0.308 e. The van der Waals surface area contributed by atoms with Crippen LogP contribution in [-0.4, -0.2) is 52.7 Å². The number of ketones is 1. The topological polar surface area (TPSA) is 113 Å². The van der Waals surface area contributed by atoms with Gasteiger partial charge in [-0.2, -0.15) is 0 Å². The van der Waals surface area contributed by atoms with Crippen LogP contribution in [0.15, 0.2) is 0 Å². The van der Waals surface area contributed by atoms with Crippen molar-refractivity contribution in [3.8, 4) is 0 Å². The standard InChI is InChI=1S/C40H65NO6/c1-8-23(2)36(46)47-27-14-15-38(6)26(19-27)20-31(42)35-29-11-10-28(39(29,7)32(43)22-30(35)38)24(3)9-12-34(45)41-18-17-40-16-13-25(21-33(40)44)37(40,4)5/h23-32,35,42-43H,8-22H2,1-7H3,(H,41,45). The number of hydrogen-bond donors (Lipinski definition) is 3. The summed E-state index contributed by atoms with van der Waals surface area (Å²) in [7, 11) is 0. The van der Waals surface area contributed by atoms with Crippen molar-refractivity contribution in [1.82, 2.24) is 5.32 Å². The molecule has 1 amide bonds. The average molecular weight is 656 g/mol. The number of rotatable bonds is 10. The van der Waals surface area contributed by atoms with E-state index in [4.69, 9.17) is 4.74 Å². The Morgan fingerprint density at radius 2 is 1.70 bits per heavy atom. The minimum absolute atomic E-state index is 0.0309. The summed E-state index contributed by atoms with van der Waals surface area (Å²) in [4.78, 5) is 38.5. The number of aliphatic hydroxyl groups is 2. The van der Waals surface area contributed by atoms with Gasteiger partial charge in [-0.05, 0) is 135 Å². The molecule has 6 aliphatic rings. The summed E-state index contributed by atoms with van der Waals surface area (Å²) in [5.41, 5.74) is -0.467. The summed E-state index contributed by atoms with van der Waals surface area (Å²) in [5, 5.41) is 26.9. The van der Waals surface area contributed by atoms with E-state index in [-0.39, 0.29) is 63.3 Å². The van der Waals surface area contributed by atoms with Crippen LogP contribution in [-0.2, 0) is 19.1 Å². The van der Waals surface area contributed by atoms with Crippen LogP contribution in [0, 0.1) is 69.0 Å². The molecule has 6 fully saturated rings. The van der Waals surface area contributed by atoms with Crippen molar-refractivity contribution in [2.75, 3.05) is 6.54 Å². The van der Waals surface area contributed by atoms with E-state index < -0.39 is 12.2 Å². The smallest absolute Gasteiger partial charge is 0.308 e. The number of amides is 1. The Kier molecular flexibility index (Phi) is 9.55. The molecule has 7 heteroatoms. The molecule has 2 bridgehead atoms. The lowest BCUT2D eigenvalue weighted by molar-refractivity contribution is -0.210. The molecule has 6 rings (SSSR count). The van der Waals surface area contributed by atoms with Crippen LogP contribution in [0.2, 0.25) is 0 Å². The van der Waals surface area contributed by atoms with Gasteiger partial charge in [0.15, 0.2) is 0 Å². The number of hydrogen-bond acceptors (Lipinski definition) is 6. The molecule has 14 unspecified atom stereocenters. The van der Waals surface area contributed by atoms with Crippen molar-refractivity contribution >= 4 is 17.7 Å². The minimum atomic E-state index is -0.428. The summed E-state index contributed by atoms with van der Waals surface area (Å²) in [6, 6.07) is 0. The van der Waals surface area contributed by atoms with Crippen molar-refractivity contribution in [1.29, 1.82) is 0 Å². The van der Waals surface area contributed by atoms with Gasteiger partial charge in [0.1, 0.15) is 11.9 Å². The summed E-state index contributed by atoms with van der Waals surface area (Å²) in [6.07, 6.45) is 10.9. The lowest BCUT2D eigenvalue weighted by Crippen LogP contribution is -2.62. The Morgan fingerprint density at radius 1 is 0.957 bits per heavy atom. The number of Topliss-reactive ketones (excluding diaryl/α,β-unsaturated/α-hetero) is 1. The van der Waals surface area contributed by atoms with E-state index in [9.17, 15) is 24.6 Å². The van der Waals surface area contributed by atoms with Crippen LogP contribution in [0.3, 0.4) is 0 Å². The van der Waals surface area contributed by atoms with E-state index in [1.807, 2.05) is 13.8 Å². The van der Waals surface area contributed by atoms with Gasteiger partial charge >= 0.3 is 5.97 Å². The molecule has 0 radical (unpaired) electrons. The highest BCUT2D eigenvalue weighted by molar-refractivity contribution is 5.89. The molecule has 3 N–H and O–H groups in total. The van der Waals surface area contributed by atoms with Crippen molar-refractivity contribution in [2.45, 2.75) is 157 Å². The molecule has 266 valence electrons. The van der Waals surface area contributed by atoms with Crippen molar-refractivity contribution in [3.05, 3.63) is 0 Å². The number of nitrogens with one attached hydrogen (secondary N) is 1. The Morgan fingerprint density at radius 3 is 2.36 bits per heavy atom. The number of aliphatic hydroxyl groups excluding tert-OH is 2. The Hall–Kier alpha value is -1.47. The quantitative estimate of drug-likeness (QED) is 0.222. The summed E-state index contributed by atoms with van der Waals surface area (Å²) < 4.78 is 5.95. The number of carbonyl (C=O) groups excluding carboxylic acids is 3. The largest absolute Gasteiger partial charge is 0.462 e. The fraction of sp³-hybridized carbons (Fsp3) is 0.925. The lowest BCUT2D eigenvalue weighted by Gasteiger charge is -2.63. The molecule has 0 heterocycles. The van der Waals surface area contributed by atoms with E-state index in [1.165, 1.54) is 0 Å². The van der Waals surface area contributed by atoms with Gasteiger partial charge in [0.25, 0.3) is 0 Å². The summed E-state index contributed by atoms with van der Waals surface area (Å²) in [5.74, 6) is 2.41. The van der Waals surface area contributed by atoms with Gasteiger partial charge in [0.2, 0.25) is 5.91 Å². The van der Waals surface area contributed by atoms with Crippen LogP contribution in [0.5, 0.6) is 0 Å². The number of esters is 1. The highest BCUT2D eigenvalue weighted by Gasteiger charge is 2.66. The minimum Gasteiger partial charge on any atom is -0.462 e. The molecule has 0 aromatic rings. The zero-order valence-corrected chi connectivity index (χ0v) is 30.5. The Labute approximate surface area is 284 Å². The van der Waals surface area contributed by atoms with Crippen LogP contribution in [0.4, 0.5) is 0 Å². The van der Waals surface area contributed by atoms with Crippen molar-refractivity contribution < 1.29 is 29.3 Å². The first kappa shape index (κ1) is 35.4. The SMILES string of the molecule is CCC(C)C(=O)OC1CCC2(C)C(C1)CC(O)C1C2CC(O)C2(C)C(C(C)CCC(=O)NCCC34CCC(CC3=O)C4(C)C)CCC12. The van der Waals surface area contributed by atoms with Gasteiger partial charge in [0, 0.05) is 24.8 Å². The lowest BCUT2D eigenvalue weighted by atomic mass is 9.43. The first-order valence-corrected chi connectivity index (χ1v) is 19.5. The molecule has 0 aromatic heterocycles. The van der Waals surface area contributed by atoms with Gasteiger partial charge in [-0.1, -0.05) is 48.5 Å². The third kappa shape index (κ3) is 5.54. The zero-order valence-electron chi connectivity index (χ0n) is 30.5. The van der Waals surface area contributed by atoms with Crippen LogP contribution < -0.4 is 5.32 Å². The van der Waals surface area contributed by atoms with Gasteiger partial charge in [-0.3, -0.25) is 14.4 Å². The maximum absolute atomic E-state index is 13.0. The summed E-state index contributed by atoms with van der Waals surface area (Å²) >= 11 is 0. The van der Waals surface area contributed by atoms with Gasteiger partial charge in [-0.25, -0.2) is 0 Å². The average Bonchev–Trinajstić information content (AvgIpc) is 3.57. The van der Waals surface area contributed by atoms with E-state index >= 15 is 0 Å². The molecule has 14 atom stereocenters. The molecular formula is C40H65NO6. The summed E-state index contributed by atoms with van der Waals surface area (Å²) in [6.45, 7) is 16.0. The number of fused-ring (bicyclic) bond motifs is 7. The van der Waals surface area contributed by atoms with Crippen molar-refractivity contribution in [2.24, 2.45) is 69.0 Å². The second kappa shape index (κ2) is 12.7. The second-order valence-electron chi connectivity index (χ2n) is 18.5. The highest BCUT2D eigenvalue weighted by atomic mass is 16.5. The van der Waals surface area contributed by atoms with Gasteiger partial charge < -0.3 is 20.3 Å². The third-order valence-corrected chi connectivity index (χ3v) is 16.6. The number of ether oxygens (including phenoxy) is 1. The second-order valence-corrected chi connectivity index (χ2v) is 18.5. The molecule has 0 aromatic carbocycles. The zero-order chi connectivity index (χ0) is 34.1. The Bertz CT molecular complexity index is 1220. The number of carbonyl (C=O) groups is 3. The fourth-order valence-electron chi connectivity index (χ4n) is 13.1. The monoisotopic (exact) mass is 655 g/mol. The normalized spacial score (nSPS) is 46.2. The van der Waals surface area contributed by atoms with Crippen molar-refractivity contribution in [3.63, 3.8) is 0 Å². The van der Waals surface area contributed by atoms with E-state index in [2.05, 4.69) is 39.9 Å². The van der Waals surface area contributed by atoms with Crippen LogP contribution in [0.1, 0.15) is 138 Å². The maximum atomic E-state index is 13.0. The predicted molar refractivity (Wildman–Crippen MR) is 182 cm³/mol. The molecule has 47 heavy (non-hydrogen) atoms. The first-order chi connectivity index (χ1) is 22.1. The molecule has 6 aliphatic carbocycles. The first-order valence-electron chi connectivity index (χ1n) is 19.5. The Balaban J connectivity index is 1.05. The molecule has 0 saturated heterocycles. The molecule has 0 spiro atoms. The van der Waals surface area contributed by atoms with E-state index in [0.29, 0.717) is 48.8 Å². The fourth-order valence-corrected chi connectivity index (χ4v) is 13.1. The molecule has 0 aliphatic heterocycles. The predicted octanol–water partition coefficient (Wildman–Crippen LogP) is 6.86. The van der Waals surface area contributed by atoms with E-state index in [0.717, 1.165) is 77.0 Å². The van der Waals surface area contributed by atoms with Gasteiger partial charge in [-0.15, -0.1) is 0 Å². The highest BCUT2D eigenvalue weighted by Crippen LogP contribution is 2.69. The molecule has 7 nitrogen and oxygen atoms in total. The van der Waals surface area contributed by atoms with Gasteiger partial charge in [0.05, 0.1) is 18.1 Å². The van der Waals surface area contributed by atoms with Crippen LogP contribution in [0.25, 0.3) is 0 Å². The third-order valence-electron chi connectivity index (χ3n) is 16.6. The van der Waals surface area contributed by atoms with E-state index in [1.54, 1.807) is 0 Å². The molecule has 6 saturated carbocycles.